The lowest BCUT2D eigenvalue weighted by Crippen LogP contribution is -1.90. The van der Waals surface area contributed by atoms with E-state index in [9.17, 15) is 5.26 Å². The number of hydrogen-bond donors (Lipinski definition) is 2. The highest BCUT2D eigenvalue weighted by molar-refractivity contribution is 5.86. The molecule has 0 fully saturated rings. The summed E-state index contributed by atoms with van der Waals surface area (Å²) in [4.78, 5) is 9.01. The van der Waals surface area contributed by atoms with Gasteiger partial charge in [-0.3, -0.25) is 10.1 Å². The van der Waals surface area contributed by atoms with Gasteiger partial charge in [-0.25, -0.2) is 4.98 Å². The topological polar surface area (TPSA) is 104 Å². The van der Waals surface area contributed by atoms with Crippen molar-refractivity contribution in [2.24, 2.45) is 0 Å². The SMILES string of the molecule is N#Cc1c(N)n[nH]c1-c1ccc2ccc(-c3ccccn3)nc2c1. The number of nitrogen functional groups attached to an aromatic ring is 1. The number of nitriles is 1. The van der Waals surface area contributed by atoms with E-state index in [2.05, 4.69) is 26.2 Å². The summed E-state index contributed by atoms with van der Waals surface area (Å²) in [7, 11) is 0. The van der Waals surface area contributed by atoms with Gasteiger partial charge in [0.25, 0.3) is 0 Å². The molecule has 4 aromatic rings. The maximum atomic E-state index is 9.24. The lowest BCUT2D eigenvalue weighted by Gasteiger charge is -2.05. The zero-order valence-electron chi connectivity index (χ0n) is 12.6. The Bertz CT molecular complexity index is 1080. The maximum Gasteiger partial charge on any atom is 0.163 e. The third-order valence-electron chi connectivity index (χ3n) is 3.81. The number of nitrogens with one attached hydrogen (secondary N) is 1. The Morgan fingerprint density at radius 1 is 1.04 bits per heavy atom. The summed E-state index contributed by atoms with van der Waals surface area (Å²) in [6.07, 6.45) is 1.74. The van der Waals surface area contributed by atoms with Crippen LogP contribution in [-0.4, -0.2) is 20.2 Å². The monoisotopic (exact) mass is 312 g/mol. The fourth-order valence-electron chi connectivity index (χ4n) is 2.61. The highest BCUT2D eigenvalue weighted by Crippen LogP contribution is 2.28. The molecule has 3 aromatic heterocycles. The number of fused-ring (bicyclic) bond motifs is 1. The van der Waals surface area contributed by atoms with Crippen LogP contribution in [-0.2, 0) is 0 Å². The summed E-state index contributed by atoms with van der Waals surface area (Å²) >= 11 is 0. The second-order valence-electron chi connectivity index (χ2n) is 5.29. The number of nitrogens with two attached hydrogens (primary N) is 1. The Morgan fingerprint density at radius 3 is 2.71 bits per heavy atom. The van der Waals surface area contributed by atoms with Crippen molar-refractivity contribution in [3.05, 3.63) is 60.3 Å². The highest BCUT2D eigenvalue weighted by Gasteiger charge is 2.13. The van der Waals surface area contributed by atoms with Crippen molar-refractivity contribution < 1.29 is 0 Å². The van der Waals surface area contributed by atoms with Gasteiger partial charge >= 0.3 is 0 Å². The predicted octanol–water partition coefficient (Wildman–Crippen LogP) is 3.14. The summed E-state index contributed by atoms with van der Waals surface area (Å²) < 4.78 is 0. The molecule has 0 aliphatic rings. The van der Waals surface area contributed by atoms with Crippen LogP contribution >= 0.6 is 0 Å². The van der Waals surface area contributed by atoms with Gasteiger partial charge in [-0.05, 0) is 24.3 Å². The molecule has 0 aliphatic heterocycles. The number of aromatic nitrogens is 4. The Balaban J connectivity index is 1.87. The van der Waals surface area contributed by atoms with Crippen LogP contribution in [0, 0.1) is 11.3 Å². The van der Waals surface area contributed by atoms with Crippen LogP contribution in [0.1, 0.15) is 5.56 Å². The quantitative estimate of drug-likeness (QED) is 0.591. The number of H-pyrrole nitrogens is 1. The Hall–Kier alpha value is -3.72. The second kappa shape index (κ2) is 5.48. The molecular weight excluding hydrogens is 300 g/mol. The van der Waals surface area contributed by atoms with E-state index in [1.54, 1.807) is 6.20 Å². The van der Waals surface area contributed by atoms with Crippen LogP contribution in [0.2, 0.25) is 0 Å². The maximum absolute atomic E-state index is 9.24. The molecule has 24 heavy (non-hydrogen) atoms. The molecule has 1 aromatic carbocycles. The largest absolute Gasteiger partial charge is 0.381 e. The number of rotatable bonds is 2. The number of benzene rings is 1. The van der Waals surface area contributed by atoms with Crippen LogP contribution < -0.4 is 5.73 Å². The standard InChI is InChI=1S/C18H12N6/c19-10-13-17(23-24-18(13)20)12-5-4-11-6-7-15(22-16(11)9-12)14-3-1-2-8-21-14/h1-9H,(H3,20,23,24). The zero-order chi connectivity index (χ0) is 16.5. The molecule has 6 nitrogen and oxygen atoms in total. The number of aromatic amines is 1. The molecule has 114 valence electrons. The van der Waals surface area contributed by atoms with E-state index in [0.717, 1.165) is 27.9 Å². The van der Waals surface area contributed by atoms with E-state index in [0.29, 0.717) is 11.3 Å². The van der Waals surface area contributed by atoms with Crippen LogP contribution in [0.15, 0.2) is 54.7 Å². The Kier molecular flexibility index (Phi) is 3.18. The molecule has 6 heteroatoms. The molecule has 3 N–H and O–H groups in total. The normalized spacial score (nSPS) is 10.6. The molecule has 4 rings (SSSR count). The van der Waals surface area contributed by atoms with Crippen LogP contribution in [0.4, 0.5) is 5.82 Å². The van der Waals surface area contributed by atoms with Crippen LogP contribution in [0.3, 0.4) is 0 Å². The van der Waals surface area contributed by atoms with Crippen LogP contribution in [0.5, 0.6) is 0 Å². The molecule has 0 saturated heterocycles. The smallest absolute Gasteiger partial charge is 0.163 e. The van der Waals surface area contributed by atoms with E-state index in [-0.39, 0.29) is 5.82 Å². The van der Waals surface area contributed by atoms with Gasteiger partial charge in [0.1, 0.15) is 11.6 Å². The molecule has 0 unspecified atom stereocenters. The number of hydrogen-bond acceptors (Lipinski definition) is 5. The molecule has 0 saturated carbocycles. The van der Waals surface area contributed by atoms with Crippen molar-refractivity contribution in [1.82, 2.24) is 20.2 Å². The van der Waals surface area contributed by atoms with Crippen molar-refractivity contribution >= 4 is 16.7 Å². The fourth-order valence-corrected chi connectivity index (χ4v) is 2.61. The fraction of sp³-hybridized carbons (Fsp3) is 0. The van der Waals surface area contributed by atoms with Crippen molar-refractivity contribution in [2.45, 2.75) is 0 Å². The number of nitrogens with zero attached hydrogens (tertiary/aromatic N) is 4. The van der Waals surface area contributed by atoms with Gasteiger partial charge < -0.3 is 5.73 Å². The average Bonchev–Trinajstić information content (AvgIpc) is 3.02. The minimum Gasteiger partial charge on any atom is -0.381 e. The first kappa shape index (κ1) is 13.9. The van der Waals surface area contributed by atoms with Gasteiger partial charge in [-0.15, -0.1) is 0 Å². The lowest BCUT2D eigenvalue weighted by molar-refractivity contribution is 1.10. The van der Waals surface area contributed by atoms with E-state index in [1.165, 1.54) is 0 Å². The predicted molar refractivity (Wildman–Crippen MR) is 91.7 cm³/mol. The van der Waals surface area contributed by atoms with E-state index >= 15 is 0 Å². The molecule has 0 radical (unpaired) electrons. The third-order valence-corrected chi connectivity index (χ3v) is 3.81. The van der Waals surface area contributed by atoms with Gasteiger partial charge in [0, 0.05) is 17.1 Å². The van der Waals surface area contributed by atoms with Gasteiger partial charge in [0.05, 0.1) is 22.6 Å². The molecule has 0 amide bonds. The van der Waals surface area contributed by atoms with Crippen molar-refractivity contribution in [3.8, 4) is 28.7 Å². The first-order chi connectivity index (χ1) is 11.8. The minimum atomic E-state index is 0.197. The summed E-state index contributed by atoms with van der Waals surface area (Å²) in [5.74, 6) is 0.197. The molecular formula is C18H12N6. The first-order valence-corrected chi connectivity index (χ1v) is 7.33. The van der Waals surface area contributed by atoms with Gasteiger partial charge in [0.2, 0.25) is 0 Å². The second-order valence-corrected chi connectivity index (χ2v) is 5.29. The summed E-state index contributed by atoms with van der Waals surface area (Å²) in [5.41, 5.74) is 9.89. The van der Waals surface area contributed by atoms with Crippen LogP contribution in [0.25, 0.3) is 33.5 Å². The van der Waals surface area contributed by atoms with Crippen molar-refractivity contribution in [2.75, 3.05) is 5.73 Å². The van der Waals surface area contributed by atoms with Gasteiger partial charge in [-0.1, -0.05) is 24.3 Å². The number of anilines is 1. The number of pyridine rings is 2. The van der Waals surface area contributed by atoms with Crippen molar-refractivity contribution in [1.29, 1.82) is 5.26 Å². The molecule has 0 aliphatic carbocycles. The highest BCUT2D eigenvalue weighted by atomic mass is 15.2. The zero-order valence-corrected chi connectivity index (χ0v) is 12.6. The minimum absolute atomic E-state index is 0.197. The Morgan fingerprint density at radius 2 is 1.92 bits per heavy atom. The summed E-state index contributed by atoms with van der Waals surface area (Å²) in [5, 5.41) is 17.0. The first-order valence-electron chi connectivity index (χ1n) is 7.33. The van der Waals surface area contributed by atoms with Crippen molar-refractivity contribution in [3.63, 3.8) is 0 Å². The van der Waals surface area contributed by atoms with E-state index in [1.807, 2.05) is 48.5 Å². The molecule has 0 spiro atoms. The average molecular weight is 312 g/mol. The van der Waals surface area contributed by atoms with Gasteiger partial charge in [-0.2, -0.15) is 10.4 Å². The van der Waals surface area contributed by atoms with E-state index in [4.69, 9.17) is 5.73 Å². The Labute approximate surface area is 137 Å². The lowest BCUT2D eigenvalue weighted by atomic mass is 10.1. The van der Waals surface area contributed by atoms with Gasteiger partial charge in [0.15, 0.2) is 5.82 Å². The molecule has 3 heterocycles. The summed E-state index contributed by atoms with van der Waals surface area (Å²) in [6, 6.07) is 17.5. The molecule has 0 bridgehead atoms. The summed E-state index contributed by atoms with van der Waals surface area (Å²) in [6.45, 7) is 0. The van der Waals surface area contributed by atoms with E-state index < -0.39 is 0 Å². The molecule has 0 atom stereocenters. The third kappa shape index (κ3) is 2.25.